The first-order valence-corrected chi connectivity index (χ1v) is 7.12. The zero-order valence-corrected chi connectivity index (χ0v) is 12.3. The number of hydrogen-bond donors (Lipinski definition) is 0. The summed E-state index contributed by atoms with van der Waals surface area (Å²) in [5.74, 6) is 1.37. The summed E-state index contributed by atoms with van der Waals surface area (Å²) >= 11 is 0. The topological polar surface area (TPSA) is 74.5 Å². The Kier molecular flexibility index (Phi) is 5.11. The quantitative estimate of drug-likeness (QED) is 0.772. The van der Waals surface area contributed by atoms with Gasteiger partial charge in [0.15, 0.2) is 5.82 Å². The lowest BCUT2D eigenvalue weighted by Crippen LogP contribution is -2.27. The third-order valence-electron chi connectivity index (χ3n) is 3.63. The van der Waals surface area contributed by atoms with Crippen molar-refractivity contribution in [2.45, 2.75) is 58.2 Å². The highest BCUT2D eigenvalue weighted by molar-refractivity contribution is 5.72. The minimum absolute atomic E-state index is 0.0255. The molecule has 1 aliphatic rings. The number of hydrogen-bond acceptors (Lipinski definition) is 6. The van der Waals surface area contributed by atoms with Crippen molar-refractivity contribution in [3.05, 3.63) is 11.7 Å². The Morgan fingerprint density at radius 1 is 1.35 bits per heavy atom. The first kappa shape index (κ1) is 15.0. The molecule has 0 spiro atoms. The largest absolute Gasteiger partial charge is 0.469 e. The van der Waals surface area contributed by atoms with Crippen LogP contribution in [0.3, 0.4) is 0 Å². The van der Waals surface area contributed by atoms with Crippen LogP contribution in [0.5, 0.6) is 0 Å². The molecule has 0 amide bonds. The van der Waals surface area contributed by atoms with E-state index in [1.807, 2.05) is 13.8 Å². The van der Waals surface area contributed by atoms with Crippen LogP contribution in [0.15, 0.2) is 4.52 Å². The van der Waals surface area contributed by atoms with E-state index in [2.05, 4.69) is 10.1 Å². The van der Waals surface area contributed by atoms with Crippen LogP contribution in [0.2, 0.25) is 0 Å². The van der Waals surface area contributed by atoms with E-state index in [1.165, 1.54) is 7.11 Å². The molecule has 0 N–H and O–H groups in total. The third-order valence-corrected chi connectivity index (χ3v) is 3.63. The van der Waals surface area contributed by atoms with Gasteiger partial charge in [-0.2, -0.15) is 4.98 Å². The maximum atomic E-state index is 11.4. The minimum atomic E-state index is -0.108. The summed E-state index contributed by atoms with van der Waals surface area (Å²) in [6.45, 7) is 4.38. The highest BCUT2D eigenvalue weighted by atomic mass is 16.5. The van der Waals surface area contributed by atoms with Crippen molar-refractivity contribution < 1.29 is 18.8 Å². The number of ether oxygens (including phenoxy) is 2. The number of rotatable bonds is 5. The molecule has 1 aromatic heterocycles. The molecule has 0 aliphatic heterocycles. The maximum absolute atomic E-state index is 11.4. The second-order valence-electron chi connectivity index (χ2n) is 5.51. The lowest BCUT2D eigenvalue weighted by Gasteiger charge is -2.26. The van der Waals surface area contributed by atoms with Gasteiger partial charge in [-0.3, -0.25) is 4.79 Å². The molecule has 1 fully saturated rings. The van der Waals surface area contributed by atoms with E-state index in [-0.39, 0.29) is 23.9 Å². The van der Waals surface area contributed by atoms with Crippen molar-refractivity contribution in [1.82, 2.24) is 10.1 Å². The molecule has 0 bridgehead atoms. The van der Waals surface area contributed by atoms with Gasteiger partial charge >= 0.3 is 5.97 Å². The molecule has 20 heavy (non-hydrogen) atoms. The first-order chi connectivity index (χ1) is 9.60. The fraction of sp³-hybridized carbons (Fsp3) is 0.786. The molecule has 0 unspecified atom stereocenters. The molecular weight excluding hydrogens is 260 g/mol. The lowest BCUT2D eigenvalue weighted by atomic mass is 9.87. The Morgan fingerprint density at radius 3 is 2.60 bits per heavy atom. The standard InChI is InChI=1S/C14H22N2O4/c1-9(2)13-15-12(16-20-13)8-19-11-6-4-10(5-7-11)14(17)18-3/h9-11H,4-8H2,1-3H3. The Morgan fingerprint density at radius 2 is 2.05 bits per heavy atom. The van der Waals surface area contributed by atoms with Crippen molar-refractivity contribution in [3.63, 3.8) is 0 Å². The summed E-state index contributed by atoms with van der Waals surface area (Å²) in [6, 6.07) is 0. The van der Waals surface area contributed by atoms with Gasteiger partial charge in [-0.15, -0.1) is 0 Å². The minimum Gasteiger partial charge on any atom is -0.469 e. The van der Waals surface area contributed by atoms with Gasteiger partial charge < -0.3 is 14.0 Å². The highest BCUT2D eigenvalue weighted by Crippen LogP contribution is 2.27. The van der Waals surface area contributed by atoms with Gasteiger partial charge in [0, 0.05) is 5.92 Å². The van der Waals surface area contributed by atoms with Crippen LogP contribution in [-0.4, -0.2) is 29.3 Å². The number of nitrogens with zero attached hydrogens (tertiary/aromatic N) is 2. The normalized spacial score (nSPS) is 23.0. The molecule has 0 saturated heterocycles. The van der Waals surface area contributed by atoms with E-state index in [1.54, 1.807) is 0 Å². The predicted octanol–water partition coefficient (Wildman–Crippen LogP) is 2.44. The molecule has 112 valence electrons. The predicted molar refractivity (Wildman–Crippen MR) is 70.9 cm³/mol. The number of carbonyl (C=O) groups excluding carboxylic acids is 1. The average Bonchev–Trinajstić information content (AvgIpc) is 2.94. The molecule has 1 saturated carbocycles. The molecule has 2 rings (SSSR count). The second-order valence-corrected chi connectivity index (χ2v) is 5.51. The molecule has 6 nitrogen and oxygen atoms in total. The van der Waals surface area contributed by atoms with Crippen LogP contribution in [0.1, 0.15) is 57.2 Å². The van der Waals surface area contributed by atoms with Gasteiger partial charge in [0.25, 0.3) is 0 Å². The summed E-state index contributed by atoms with van der Waals surface area (Å²) < 4.78 is 15.7. The zero-order valence-electron chi connectivity index (χ0n) is 12.3. The van der Waals surface area contributed by atoms with Crippen LogP contribution < -0.4 is 0 Å². The average molecular weight is 282 g/mol. The van der Waals surface area contributed by atoms with Crippen molar-refractivity contribution in [2.75, 3.05) is 7.11 Å². The highest BCUT2D eigenvalue weighted by Gasteiger charge is 2.27. The van der Waals surface area contributed by atoms with Crippen molar-refractivity contribution in [2.24, 2.45) is 5.92 Å². The van der Waals surface area contributed by atoms with E-state index in [0.29, 0.717) is 18.3 Å². The van der Waals surface area contributed by atoms with Crippen molar-refractivity contribution in [3.8, 4) is 0 Å². The lowest BCUT2D eigenvalue weighted by molar-refractivity contribution is -0.147. The van der Waals surface area contributed by atoms with Crippen LogP contribution in [0, 0.1) is 5.92 Å². The summed E-state index contributed by atoms with van der Waals surface area (Å²) in [4.78, 5) is 15.7. The first-order valence-electron chi connectivity index (χ1n) is 7.12. The second kappa shape index (κ2) is 6.83. The van der Waals surface area contributed by atoms with Gasteiger partial charge in [-0.05, 0) is 25.7 Å². The van der Waals surface area contributed by atoms with Crippen LogP contribution >= 0.6 is 0 Å². The van der Waals surface area contributed by atoms with Gasteiger partial charge in [0.2, 0.25) is 5.89 Å². The summed E-state index contributed by atoms with van der Waals surface area (Å²) in [7, 11) is 1.44. The zero-order chi connectivity index (χ0) is 14.5. The molecule has 1 aliphatic carbocycles. The van der Waals surface area contributed by atoms with Gasteiger partial charge in [0.05, 0.1) is 19.1 Å². The van der Waals surface area contributed by atoms with Crippen LogP contribution in [-0.2, 0) is 20.9 Å². The molecule has 0 aromatic carbocycles. The van der Waals surface area contributed by atoms with E-state index < -0.39 is 0 Å². The fourth-order valence-corrected chi connectivity index (χ4v) is 2.38. The van der Waals surface area contributed by atoms with Gasteiger partial charge in [0.1, 0.15) is 6.61 Å². The number of esters is 1. The molecular formula is C14H22N2O4. The Labute approximate surface area is 118 Å². The van der Waals surface area contributed by atoms with E-state index in [0.717, 1.165) is 25.7 Å². The van der Waals surface area contributed by atoms with Crippen molar-refractivity contribution >= 4 is 5.97 Å². The van der Waals surface area contributed by atoms with Crippen molar-refractivity contribution in [1.29, 1.82) is 0 Å². The molecule has 0 radical (unpaired) electrons. The summed E-state index contributed by atoms with van der Waals surface area (Å²) in [6.07, 6.45) is 3.54. The summed E-state index contributed by atoms with van der Waals surface area (Å²) in [5.41, 5.74) is 0. The Bertz CT molecular complexity index is 436. The SMILES string of the molecule is COC(=O)C1CCC(OCc2noc(C(C)C)n2)CC1. The number of aromatic nitrogens is 2. The van der Waals surface area contributed by atoms with E-state index in [9.17, 15) is 4.79 Å². The molecule has 6 heteroatoms. The van der Waals surface area contributed by atoms with Gasteiger partial charge in [-0.1, -0.05) is 19.0 Å². The smallest absolute Gasteiger partial charge is 0.308 e. The van der Waals surface area contributed by atoms with Gasteiger partial charge in [-0.25, -0.2) is 0 Å². The number of methoxy groups -OCH3 is 1. The van der Waals surface area contributed by atoms with E-state index >= 15 is 0 Å². The van der Waals surface area contributed by atoms with Crippen LogP contribution in [0.4, 0.5) is 0 Å². The fourth-order valence-electron chi connectivity index (χ4n) is 2.38. The number of carbonyl (C=O) groups is 1. The molecule has 0 atom stereocenters. The van der Waals surface area contributed by atoms with E-state index in [4.69, 9.17) is 14.0 Å². The van der Waals surface area contributed by atoms with Crippen LogP contribution in [0.25, 0.3) is 0 Å². The Balaban J connectivity index is 1.74. The summed E-state index contributed by atoms with van der Waals surface area (Å²) in [5, 5.41) is 3.89. The third kappa shape index (κ3) is 3.79. The molecule has 1 heterocycles. The molecule has 1 aromatic rings. The Hall–Kier alpha value is -1.43. The monoisotopic (exact) mass is 282 g/mol. The maximum Gasteiger partial charge on any atom is 0.308 e.